The topological polar surface area (TPSA) is 80.5 Å². The molecule has 1 aromatic rings. The number of carbonyl (C=O) groups is 1. The van der Waals surface area contributed by atoms with Crippen LogP contribution in [-0.4, -0.2) is 43.6 Å². The summed E-state index contributed by atoms with van der Waals surface area (Å²) in [4.78, 5) is 14.8. The average Bonchev–Trinajstić information content (AvgIpc) is 3.17. The quantitative estimate of drug-likeness (QED) is 0.890. The number of likely N-dealkylation sites (tertiary alicyclic amines) is 1. The standard InChI is InChI=1S/C19H28N2O3S/c1-14(20)15-10-12-21(13-11-15)19(22)16-6-8-18(9-7-16)25(23,24)17-4-2-3-5-17/h6-9,14-15,17H,2-5,10-13,20H2,1H3. The van der Waals surface area contributed by atoms with Crippen molar-refractivity contribution in [2.45, 2.75) is 61.6 Å². The largest absolute Gasteiger partial charge is 0.339 e. The number of benzene rings is 1. The maximum absolute atomic E-state index is 12.6. The molecule has 2 N–H and O–H groups in total. The number of nitrogens with two attached hydrogens (primary N) is 1. The van der Waals surface area contributed by atoms with E-state index in [2.05, 4.69) is 0 Å². The zero-order valence-electron chi connectivity index (χ0n) is 14.9. The lowest BCUT2D eigenvalue weighted by Gasteiger charge is -2.33. The summed E-state index contributed by atoms with van der Waals surface area (Å²) in [5.74, 6) is 0.455. The van der Waals surface area contributed by atoms with Crippen molar-refractivity contribution in [2.75, 3.05) is 13.1 Å². The summed E-state index contributed by atoms with van der Waals surface area (Å²) in [7, 11) is -3.26. The number of amides is 1. The van der Waals surface area contributed by atoms with Gasteiger partial charge < -0.3 is 10.6 Å². The van der Waals surface area contributed by atoms with E-state index in [-0.39, 0.29) is 17.2 Å². The second-order valence-electron chi connectivity index (χ2n) is 7.46. The van der Waals surface area contributed by atoms with Crippen molar-refractivity contribution in [1.29, 1.82) is 0 Å². The molecule has 1 saturated heterocycles. The fourth-order valence-electron chi connectivity index (χ4n) is 3.99. The highest BCUT2D eigenvalue weighted by Crippen LogP contribution is 2.30. The first-order valence-electron chi connectivity index (χ1n) is 9.28. The van der Waals surface area contributed by atoms with Gasteiger partial charge in [0, 0.05) is 24.7 Å². The maximum atomic E-state index is 12.6. The minimum absolute atomic E-state index is 0.0204. The van der Waals surface area contributed by atoms with E-state index in [9.17, 15) is 13.2 Å². The van der Waals surface area contributed by atoms with Crippen LogP contribution in [0.2, 0.25) is 0 Å². The van der Waals surface area contributed by atoms with Crippen molar-refractivity contribution in [1.82, 2.24) is 4.90 Å². The first-order valence-corrected chi connectivity index (χ1v) is 10.8. The van der Waals surface area contributed by atoms with E-state index in [4.69, 9.17) is 5.73 Å². The van der Waals surface area contributed by atoms with Crippen LogP contribution in [-0.2, 0) is 9.84 Å². The van der Waals surface area contributed by atoms with Crippen LogP contribution in [0.15, 0.2) is 29.2 Å². The molecule has 1 unspecified atom stereocenters. The molecule has 1 aliphatic carbocycles. The molecule has 1 amide bonds. The van der Waals surface area contributed by atoms with Crippen LogP contribution in [0.25, 0.3) is 0 Å². The summed E-state index contributed by atoms with van der Waals surface area (Å²) in [5.41, 5.74) is 6.51. The van der Waals surface area contributed by atoms with Gasteiger partial charge in [-0.3, -0.25) is 4.79 Å². The highest BCUT2D eigenvalue weighted by atomic mass is 32.2. The van der Waals surface area contributed by atoms with E-state index in [0.29, 0.717) is 29.5 Å². The number of nitrogens with zero attached hydrogens (tertiary/aromatic N) is 1. The summed E-state index contributed by atoms with van der Waals surface area (Å²) < 4.78 is 25.2. The summed E-state index contributed by atoms with van der Waals surface area (Å²) in [6.07, 6.45) is 5.32. The van der Waals surface area contributed by atoms with Crippen molar-refractivity contribution >= 4 is 15.7 Å². The van der Waals surface area contributed by atoms with Crippen LogP contribution >= 0.6 is 0 Å². The number of hydrogen-bond donors (Lipinski definition) is 1. The Hall–Kier alpha value is -1.40. The molecule has 2 fully saturated rings. The molecule has 2 aliphatic rings. The molecule has 0 aromatic heterocycles. The highest BCUT2D eigenvalue weighted by molar-refractivity contribution is 7.92. The second kappa shape index (κ2) is 7.46. The average molecular weight is 365 g/mol. The summed E-state index contributed by atoms with van der Waals surface area (Å²) >= 11 is 0. The van der Waals surface area contributed by atoms with Gasteiger partial charge in [-0.25, -0.2) is 8.42 Å². The Morgan fingerprint density at radius 2 is 1.64 bits per heavy atom. The molecule has 1 aliphatic heterocycles. The maximum Gasteiger partial charge on any atom is 0.253 e. The van der Waals surface area contributed by atoms with Gasteiger partial charge in [0.2, 0.25) is 0 Å². The van der Waals surface area contributed by atoms with Crippen molar-refractivity contribution in [3.8, 4) is 0 Å². The van der Waals surface area contributed by atoms with Crippen molar-refractivity contribution < 1.29 is 13.2 Å². The fraction of sp³-hybridized carbons (Fsp3) is 0.632. The molecule has 1 heterocycles. The van der Waals surface area contributed by atoms with Gasteiger partial charge in [0.25, 0.3) is 5.91 Å². The van der Waals surface area contributed by atoms with Gasteiger partial charge in [0.15, 0.2) is 9.84 Å². The summed E-state index contributed by atoms with van der Waals surface area (Å²) in [6.45, 7) is 3.45. The minimum atomic E-state index is -3.26. The van der Waals surface area contributed by atoms with Crippen LogP contribution in [0.4, 0.5) is 0 Å². The third kappa shape index (κ3) is 3.90. The van der Waals surface area contributed by atoms with E-state index in [0.717, 1.165) is 38.5 Å². The lowest BCUT2D eigenvalue weighted by molar-refractivity contribution is 0.0681. The number of piperidine rings is 1. The van der Waals surface area contributed by atoms with Gasteiger partial charge in [-0.2, -0.15) is 0 Å². The fourth-order valence-corrected chi connectivity index (χ4v) is 5.84. The van der Waals surface area contributed by atoms with E-state index >= 15 is 0 Å². The van der Waals surface area contributed by atoms with E-state index in [1.54, 1.807) is 24.3 Å². The number of hydrogen-bond acceptors (Lipinski definition) is 4. The Morgan fingerprint density at radius 3 is 2.16 bits per heavy atom. The van der Waals surface area contributed by atoms with Gasteiger partial charge in [0.1, 0.15) is 0 Å². The van der Waals surface area contributed by atoms with Crippen LogP contribution < -0.4 is 5.73 Å². The molecule has 1 saturated carbocycles. The van der Waals surface area contributed by atoms with E-state index < -0.39 is 9.84 Å². The minimum Gasteiger partial charge on any atom is -0.339 e. The Balaban J connectivity index is 1.67. The molecular weight excluding hydrogens is 336 g/mol. The van der Waals surface area contributed by atoms with Crippen LogP contribution in [0.3, 0.4) is 0 Å². The summed E-state index contributed by atoms with van der Waals surface area (Å²) in [6, 6.07) is 6.66. The van der Waals surface area contributed by atoms with E-state index in [1.807, 2.05) is 11.8 Å². The molecule has 0 bridgehead atoms. The summed E-state index contributed by atoms with van der Waals surface area (Å²) in [5, 5.41) is -0.258. The zero-order valence-corrected chi connectivity index (χ0v) is 15.7. The van der Waals surface area contributed by atoms with Crippen molar-refractivity contribution in [3.63, 3.8) is 0 Å². The van der Waals surface area contributed by atoms with Crippen LogP contribution in [0.5, 0.6) is 0 Å². The molecule has 1 atom stereocenters. The highest BCUT2D eigenvalue weighted by Gasteiger charge is 2.30. The zero-order chi connectivity index (χ0) is 18.0. The molecule has 5 nitrogen and oxygen atoms in total. The normalized spacial score (nSPS) is 21.4. The van der Waals surface area contributed by atoms with Gasteiger partial charge in [-0.1, -0.05) is 12.8 Å². The predicted molar refractivity (Wildman–Crippen MR) is 98.2 cm³/mol. The van der Waals surface area contributed by atoms with E-state index in [1.165, 1.54) is 0 Å². The molecule has 6 heteroatoms. The Morgan fingerprint density at radius 1 is 1.08 bits per heavy atom. The molecular formula is C19H28N2O3S. The SMILES string of the molecule is CC(N)C1CCN(C(=O)c2ccc(S(=O)(=O)C3CCCC3)cc2)CC1. The molecule has 3 rings (SSSR count). The predicted octanol–water partition coefficient (Wildman–Crippen LogP) is 2.60. The molecule has 25 heavy (non-hydrogen) atoms. The van der Waals surface area contributed by atoms with Crippen molar-refractivity contribution in [3.05, 3.63) is 29.8 Å². The first kappa shape index (κ1) is 18.4. The Kier molecular flexibility index (Phi) is 5.49. The third-order valence-electron chi connectivity index (χ3n) is 5.74. The molecule has 0 radical (unpaired) electrons. The van der Waals surface area contributed by atoms with Gasteiger partial charge in [0.05, 0.1) is 10.1 Å². The van der Waals surface area contributed by atoms with Crippen molar-refractivity contribution in [2.24, 2.45) is 11.7 Å². The van der Waals surface area contributed by atoms with Gasteiger partial charge in [-0.15, -0.1) is 0 Å². The molecule has 0 spiro atoms. The Labute approximate surface area is 150 Å². The Bertz CT molecular complexity index is 699. The number of carbonyl (C=O) groups excluding carboxylic acids is 1. The number of rotatable bonds is 4. The smallest absolute Gasteiger partial charge is 0.253 e. The lowest BCUT2D eigenvalue weighted by Crippen LogP contribution is -2.42. The lowest BCUT2D eigenvalue weighted by atomic mass is 9.90. The molecule has 1 aromatic carbocycles. The number of sulfone groups is 1. The monoisotopic (exact) mass is 364 g/mol. The second-order valence-corrected chi connectivity index (χ2v) is 9.69. The van der Waals surface area contributed by atoms with Gasteiger partial charge >= 0.3 is 0 Å². The molecule has 138 valence electrons. The van der Waals surface area contributed by atoms with Gasteiger partial charge in [-0.05, 0) is 62.8 Å². The third-order valence-corrected chi connectivity index (χ3v) is 8.02. The first-order chi connectivity index (χ1) is 11.9. The van der Waals surface area contributed by atoms with Crippen LogP contribution in [0.1, 0.15) is 55.8 Å². The van der Waals surface area contributed by atoms with Crippen LogP contribution in [0, 0.1) is 5.92 Å².